The summed E-state index contributed by atoms with van der Waals surface area (Å²) in [7, 11) is 0. The summed E-state index contributed by atoms with van der Waals surface area (Å²) in [5, 5.41) is 16.8. The summed E-state index contributed by atoms with van der Waals surface area (Å²) >= 11 is 0. The lowest BCUT2D eigenvalue weighted by atomic mass is 10.1. The van der Waals surface area contributed by atoms with Crippen LogP contribution >= 0.6 is 0 Å². The fourth-order valence-corrected chi connectivity index (χ4v) is 0.628. The molecule has 3 heteroatoms. The Morgan fingerprint density at radius 1 is 1.50 bits per heavy atom. The first-order valence-electron chi connectivity index (χ1n) is 3.11. The molecule has 0 fully saturated rings. The molecule has 0 bridgehead atoms. The topological polar surface area (TPSA) is 46.0 Å². The largest absolute Gasteiger partial charge is 0.384 e. The summed E-state index contributed by atoms with van der Waals surface area (Å²) in [6.07, 6.45) is 1.58. The van der Waals surface area contributed by atoms with Crippen LogP contribution in [-0.2, 0) is 5.60 Å². The minimum Gasteiger partial charge on any atom is -0.384 e. The van der Waals surface area contributed by atoms with E-state index in [1.807, 2.05) is 0 Å². The molecule has 0 saturated carbocycles. The normalized spacial score (nSPS) is 11.5. The van der Waals surface area contributed by atoms with Gasteiger partial charge in [-0.25, -0.2) is 0 Å². The van der Waals surface area contributed by atoms with Gasteiger partial charge in [-0.15, -0.1) is 0 Å². The molecule has 3 nitrogen and oxygen atoms in total. The first-order chi connectivity index (χ1) is 4.61. The highest BCUT2D eigenvalue weighted by molar-refractivity contribution is 5.06. The average molecular weight is 138 g/mol. The summed E-state index contributed by atoms with van der Waals surface area (Å²) in [4.78, 5) is 0. The number of rotatable bonds is 1. The van der Waals surface area contributed by atoms with Gasteiger partial charge >= 0.3 is 0 Å². The Bertz CT molecular complexity index is 203. The van der Waals surface area contributed by atoms with Gasteiger partial charge in [-0.1, -0.05) is 0 Å². The molecule has 1 aromatic rings. The molecule has 0 aromatic carbocycles. The standard InChI is InChI=1S/C7H10N2O/c1-7(2,10)6-4-3-5-8-9-6/h3-5,10H,1-2H3. The zero-order valence-electron chi connectivity index (χ0n) is 6.07. The molecule has 0 aliphatic rings. The summed E-state index contributed by atoms with van der Waals surface area (Å²) < 4.78 is 0. The zero-order chi connectivity index (χ0) is 7.61. The molecular formula is C7H10N2O. The Balaban J connectivity index is 2.97. The van der Waals surface area contributed by atoms with Crippen molar-refractivity contribution >= 4 is 0 Å². The van der Waals surface area contributed by atoms with Gasteiger partial charge < -0.3 is 5.11 Å². The van der Waals surface area contributed by atoms with Crippen LogP contribution in [0, 0.1) is 0 Å². The SMILES string of the molecule is CC(C)(O)c1cccnn1. The van der Waals surface area contributed by atoms with E-state index < -0.39 is 5.60 Å². The lowest BCUT2D eigenvalue weighted by molar-refractivity contribution is 0.0728. The van der Waals surface area contributed by atoms with Crippen LogP contribution in [0.5, 0.6) is 0 Å². The molecular weight excluding hydrogens is 128 g/mol. The molecule has 54 valence electrons. The van der Waals surface area contributed by atoms with Gasteiger partial charge in [0.2, 0.25) is 0 Å². The van der Waals surface area contributed by atoms with Crippen LogP contribution in [0.3, 0.4) is 0 Å². The van der Waals surface area contributed by atoms with Gasteiger partial charge in [0.05, 0.1) is 5.69 Å². The summed E-state index contributed by atoms with van der Waals surface area (Å²) in [5.74, 6) is 0. The van der Waals surface area contributed by atoms with E-state index in [4.69, 9.17) is 0 Å². The van der Waals surface area contributed by atoms with Crippen molar-refractivity contribution in [2.75, 3.05) is 0 Å². The monoisotopic (exact) mass is 138 g/mol. The van der Waals surface area contributed by atoms with E-state index in [2.05, 4.69) is 10.2 Å². The van der Waals surface area contributed by atoms with E-state index in [1.54, 1.807) is 32.2 Å². The minimum atomic E-state index is -0.881. The smallest absolute Gasteiger partial charge is 0.103 e. The summed E-state index contributed by atoms with van der Waals surface area (Å²) in [6, 6.07) is 3.49. The Morgan fingerprint density at radius 2 is 2.20 bits per heavy atom. The van der Waals surface area contributed by atoms with Gasteiger partial charge in [0.25, 0.3) is 0 Å². The van der Waals surface area contributed by atoms with Crippen molar-refractivity contribution in [2.45, 2.75) is 19.4 Å². The summed E-state index contributed by atoms with van der Waals surface area (Å²) in [5.41, 5.74) is -0.288. The van der Waals surface area contributed by atoms with Crippen molar-refractivity contribution in [3.63, 3.8) is 0 Å². The second kappa shape index (κ2) is 2.34. The fourth-order valence-electron chi connectivity index (χ4n) is 0.628. The number of hydrogen-bond acceptors (Lipinski definition) is 3. The molecule has 10 heavy (non-hydrogen) atoms. The first-order valence-corrected chi connectivity index (χ1v) is 3.11. The molecule has 0 amide bonds. The van der Waals surface area contributed by atoms with Crippen LogP contribution in [0.15, 0.2) is 18.3 Å². The number of aliphatic hydroxyl groups is 1. The molecule has 0 atom stereocenters. The van der Waals surface area contributed by atoms with E-state index in [0.29, 0.717) is 5.69 Å². The average Bonchev–Trinajstić information content (AvgIpc) is 1.88. The van der Waals surface area contributed by atoms with Gasteiger partial charge in [-0.05, 0) is 26.0 Å². The molecule has 1 heterocycles. The molecule has 0 spiro atoms. The van der Waals surface area contributed by atoms with E-state index in [0.717, 1.165) is 0 Å². The van der Waals surface area contributed by atoms with E-state index in [1.165, 1.54) is 0 Å². The van der Waals surface area contributed by atoms with Gasteiger partial charge in [0.1, 0.15) is 5.60 Å². The lowest BCUT2D eigenvalue weighted by Gasteiger charge is -2.14. The highest BCUT2D eigenvalue weighted by Crippen LogP contribution is 2.14. The van der Waals surface area contributed by atoms with Crippen molar-refractivity contribution in [1.82, 2.24) is 10.2 Å². The third-order valence-corrected chi connectivity index (χ3v) is 1.20. The second-order valence-electron chi connectivity index (χ2n) is 2.67. The molecule has 1 aromatic heterocycles. The molecule has 0 radical (unpaired) electrons. The van der Waals surface area contributed by atoms with Crippen molar-refractivity contribution in [3.05, 3.63) is 24.0 Å². The highest BCUT2D eigenvalue weighted by atomic mass is 16.3. The molecule has 0 unspecified atom stereocenters. The molecule has 0 aliphatic carbocycles. The molecule has 0 aliphatic heterocycles. The van der Waals surface area contributed by atoms with Crippen molar-refractivity contribution < 1.29 is 5.11 Å². The van der Waals surface area contributed by atoms with Crippen LogP contribution in [0.25, 0.3) is 0 Å². The lowest BCUT2D eigenvalue weighted by Crippen LogP contribution is -2.17. The van der Waals surface area contributed by atoms with Crippen molar-refractivity contribution in [3.8, 4) is 0 Å². The first kappa shape index (κ1) is 7.15. The van der Waals surface area contributed by atoms with Gasteiger partial charge in [0, 0.05) is 6.20 Å². The maximum absolute atomic E-state index is 9.39. The fraction of sp³-hybridized carbons (Fsp3) is 0.429. The van der Waals surface area contributed by atoms with Crippen LogP contribution in [0.1, 0.15) is 19.5 Å². The van der Waals surface area contributed by atoms with E-state index in [9.17, 15) is 5.11 Å². The minimum absolute atomic E-state index is 0.593. The Kier molecular flexibility index (Phi) is 1.68. The van der Waals surface area contributed by atoms with Crippen LogP contribution in [0.4, 0.5) is 0 Å². The third kappa shape index (κ3) is 1.51. The van der Waals surface area contributed by atoms with Gasteiger partial charge in [-0.2, -0.15) is 10.2 Å². The maximum Gasteiger partial charge on any atom is 0.103 e. The number of aromatic nitrogens is 2. The van der Waals surface area contributed by atoms with Crippen molar-refractivity contribution in [2.24, 2.45) is 0 Å². The van der Waals surface area contributed by atoms with Crippen LogP contribution in [-0.4, -0.2) is 15.3 Å². The quantitative estimate of drug-likeness (QED) is 0.621. The predicted molar refractivity (Wildman–Crippen MR) is 37.3 cm³/mol. The Hall–Kier alpha value is -0.960. The van der Waals surface area contributed by atoms with Gasteiger partial charge in [0.15, 0.2) is 0 Å². The van der Waals surface area contributed by atoms with Crippen LogP contribution in [0.2, 0.25) is 0 Å². The predicted octanol–water partition coefficient (Wildman–Crippen LogP) is 0.704. The Labute approximate surface area is 59.7 Å². The maximum atomic E-state index is 9.39. The number of hydrogen-bond donors (Lipinski definition) is 1. The second-order valence-corrected chi connectivity index (χ2v) is 2.67. The molecule has 1 N–H and O–H groups in total. The van der Waals surface area contributed by atoms with Gasteiger partial charge in [-0.3, -0.25) is 0 Å². The highest BCUT2D eigenvalue weighted by Gasteiger charge is 2.16. The molecule has 1 rings (SSSR count). The van der Waals surface area contributed by atoms with E-state index in [-0.39, 0.29) is 0 Å². The summed E-state index contributed by atoms with van der Waals surface area (Å²) in [6.45, 7) is 3.36. The number of nitrogens with zero attached hydrogens (tertiary/aromatic N) is 2. The Morgan fingerprint density at radius 3 is 2.50 bits per heavy atom. The van der Waals surface area contributed by atoms with Crippen LogP contribution < -0.4 is 0 Å². The third-order valence-electron chi connectivity index (χ3n) is 1.20. The van der Waals surface area contributed by atoms with E-state index >= 15 is 0 Å². The zero-order valence-corrected chi connectivity index (χ0v) is 6.07. The van der Waals surface area contributed by atoms with Crippen molar-refractivity contribution in [1.29, 1.82) is 0 Å². The molecule has 0 saturated heterocycles.